The van der Waals surface area contributed by atoms with E-state index >= 15 is 0 Å². The van der Waals surface area contributed by atoms with Crippen molar-refractivity contribution in [3.63, 3.8) is 0 Å². The van der Waals surface area contributed by atoms with Crippen molar-refractivity contribution in [1.82, 2.24) is 0 Å². The number of methoxy groups -OCH3 is 2. The van der Waals surface area contributed by atoms with Crippen molar-refractivity contribution >= 4 is 39.9 Å². The summed E-state index contributed by atoms with van der Waals surface area (Å²) >= 11 is 0. The van der Waals surface area contributed by atoms with Gasteiger partial charge in [0.25, 0.3) is 11.7 Å². The minimum absolute atomic E-state index is 0.0573. The summed E-state index contributed by atoms with van der Waals surface area (Å²) in [6.45, 7) is 0. The Morgan fingerprint density at radius 3 is 2.38 bits per heavy atom. The largest absolute Gasteiger partial charge is 0.507 e. The van der Waals surface area contributed by atoms with Crippen LogP contribution in [0, 0.1) is 0 Å². The minimum atomic E-state index is -0.970. The second-order valence-corrected chi connectivity index (χ2v) is 8.51. The van der Waals surface area contributed by atoms with Crippen molar-refractivity contribution in [2.45, 2.75) is 6.04 Å². The molecule has 5 rings (SSSR count). The van der Waals surface area contributed by atoms with Crippen LogP contribution in [0.25, 0.3) is 16.5 Å². The topological polar surface area (TPSA) is 93.1 Å². The lowest BCUT2D eigenvalue weighted by molar-refractivity contribution is -0.132. The Hall–Kier alpha value is -4.91. The van der Waals surface area contributed by atoms with Crippen LogP contribution in [0.4, 0.5) is 5.69 Å². The van der Waals surface area contributed by atoms with Crippen LogP contribution in [0.5, 0.6) is 5.75 Å². The van der Waals surface area contributed by atoms with Crippen molar-refractivity contribution in [3.8, 4) is 5.75 Å². The number of carbonyl (C=O) groups is 3. The molecular formula is C30H23NO6. The first-order valence-corrected chi connectivity index (χ1v) is 11.6. The quantitative estimate of drug-likeness (QED) is 0.176. The fourth-order valence-corrected chi connectivity index (χ4v) is 4.70. The number of benzene rings is 4. The monoisotopic (exact) mass is 493 g/mol. The predicted octanol–water partition coefficient (Wildman–Crippen LogP) is 5.26. The number of rotatable bonds is 5. The van der Waals surface area contributed by atoms with E-state index in [1.54, 1.807) is 54.6 Å². The highest BCUT2D eigenvalue weighted by molar-refractivity contribution is 6.51. The summed E-state index contributed by atoms with van der Waals surface area (Å²) in [5, 5.41) is 13.2. The molecule has 0 aromatic heterocycles. The highest BCUT2D eigenvalue weighted by atomic mass is 16.5. The highest BCUT2D eigenvalue weighted by Gasteiger charge is 2.47. The summed E-state index contributed by atoms with van der Waals surface area (Å²) in [5.74, 6) is -1.99. The number of Topliss-reactive ketones (excluding diaryl/α,β-unsaturated/α-hetero) is 1. The molecule has 37 heavy (non-hydrogen) atoms. The fraction of sp³-hybridized carbons (Fsp3) is 0.100. The summed E-state index contributed by atoms with van der Waals surface area (Å²) in [6, 6.07) is 25.2. The van der Waals surface area contributed by atoms with E-state index in [0.717, 1.165) is 10.8 Å². The second-order valence-electron chi connectivity index (χ2n) is 8.51. The van der Waals surface area contributed by atoms with Crippen LogP contribution in [0.15, 0.2) is 96.6 Å². The van der Waals surface area contributed by atoms with Crippen LogP contribution in [0.1, 0.15) is 27.5 Å². The van der Waals surface area contributed by atoms with Gasteiger partial charge in [0, 0.05) is 11.3 Å². The van der Waals surface area contributed by atoms with Crippen LogP contribution in [-0.2, 0) is 14.3 Å². The molecule has 0 radical (unpaired) electrons. The summed E-state index contributed by atoms with van der Waals surface area (Å²) in [6.07, 6.45) is 0. The van der Waals surface area contributed by atoms with E-state index in [1.807, 2.05) is 30.3 Å². The molecule has 0 saturated carbocycles. The summed E-state index contributed by atoms with van der Waals surface area (Å²) in [7, 11) is 2.79. The van der Waals surface area contributed by atoms with Gasteiger partial charge >= 0.3 is 5.97 Å². The molecule has 7 heteroatoms. The molecule has 1 heterocycles. The van der Waals surface area contributed by atoms with E-state index in [2.05, 4.69) is 0 Å². The molecular weight excluding hydrogens is 470 g/mol. The fourth-order valence-electron chi connectivity index (χ4n) is 4.70. The Morgan fingerprint density at radius 2 is 1.59 bits per heavy atom. The third kappa shape index (κ3) is 4.10. The molecule has 1 N–H and O–H groups in total. The smallest absolute Gasteiger partial charge is 0.337 e. The molecule has 0 spiro atoms. The number of aliphatic hydroxyl groups is 1. The zero-order chi connectivity index (χ0) is 26.1. The van der Waals surface area contributed by atoms with Crippen molar-refractivity contribution in [2.75, 3.05) is 19.1 Å². The molecule has 1 unspecified atom stereocenters. The molecule has 1 atom stereocenters. The lowest BCUT2D eigenvalue weighted by Crippen LogP contribution is -2.29. The van der Waals surface area contributed by atoms with E-state index < -0.39 is 23.7 Å². The minimum Gasteiger partial charge on any atom is -0.507 e. The first kappa shape index (κ1) is 23.8. The number of ether oxygens (including phenoxy) is 2. The lowest BCUT2D eigenvalue weighted by atomic mass is 9.93. The van der Waals surface area contributed by atoms with Crippen LogP contribution < -0.4 is 9.64 Å². The maximum absolute atomic E-state index is 13.5. The SMILES string of the molecule is COC(=O)c1cccc(N2C(=O)C(=O)/C(=C(\O)c3cccc4ccccc34)C2c2cccc(OC)c2)c1. The molecule has 1 saturated heterocycles. The van der Waals surface area contributed by atoms with Gasteiger partial charge in [-0.05, 0) is 46.7 Å². The Balaban J connectivity index is 1.77. The molecule has 1 aliphatic heterocycles. The van der Waals surface area contributed by atoms with Crippen molar-refractivity contribution in [2.24, 2.45) is 0 Å². The van der Waals surface area contributed by atoms with Crippen LogP contribution in [0.2, 0.25) is 0 Å². The van der Waals surface area contributed by atoms with Crippen molar-refractivity contribution in [1.29, 1.82) is 0 Å². The number of anilines is 1. The third-order valence-electron chi connectivity index (χ3n) is 6.44. The van der Waals surface area contributed by atoms with Gasteiger partial charge in [-0.1, -0.05) is 60.7 Å². The average Bonchev–Trinajstić information content (AvgIpc) is 3.22. The molecule has 0 bridgehead atoms. The number of aliphatic hydroxyl groups excluding tert-OH is 1. The summed E-state index contributed by atoms with van der Waals surface area (Å²) < 4.78 is 10.2. The van der Waals surface area contributed by atoms with E-state index in [-0.39, 0.29) is 16.9 Å². The molecule has 1 aliphatic rings. The maximum atomic E-state index is 13.5. The predicted molar refractivity (Wildman–Crippen MR) is 140 cm³/mol. The Morgan fingerprint density at radius 1 is 0.865 bits per heavy atom. The van der Waals surface area contributed by atoms with Gasteiger partial charge in [0.15, 0.2) is 0 Å². The molecule has 184 valence electrons. The number of carbonyl (C=O) groups excluding carboxylic acids is 3. The first-order valence-electron chi connectivity index (χ1n) is 11.6. The first-order chi connectivity index (χ1) is 17.9. The number of nitrogens with zero attached hydrogens (tertiary/aromatic N) is 1. The molecule has 1 fully saturated rings. The number of ketones is 1. The molecule has 0 aliphatic carbocycles. The van der Waals surface area contributed by atoms with Gasteiger partial charge in [-0.25, -0.2) is 4.79 Å². The van der Waals surface area contributed by atoms with E-state index in [9.17, 15) is 19.5 Å². The highest BCUT2D eigenvalue weighted by Crippen LogP contribution is 2.43. The van der Waals surface area contributed by atoms with E-state index in [0.29, 0.717) is 22.6 Å². The van der Waals surface area contributed by atoms with Crippen molar-refractivity contribution in [3.05, 3.63) is 113 Å². The molecule has 4 aromatic carbocycles. The number of esters is 1. The van der Waals surface area contributed by atoms with Gasteiger partial charge in [0.1, 0.15) is 11.5 Å². The second kappa shape index (κ2) is 9.62. The van der Waals surface area contributed by atoms with Gasteiger partial charge in [0.2, 0.25) is 0 Å². The van der Waals surface area contributed by atoms with Crippen LogP contribution >= 0.6 is 0 Å². The third-order valence-corrected chi connectivity index (χ3v) is 6.44. The summed E-state index contributed by atoms with van der Waals surface area (Å²) in [5.41, 5.74) is 1.48. The van der Waals surface area contributed by atoms with Crippen molar-refractivity contribution < 1.29 is 29.0 Å². The van der Waals surface area contributed by atoms with E-state index in [4.69, 9.17) is 9.47 Å². The van der Waals surface area contributed by atoms with Gasteiger partial charge in [-0.15, -0.1) is 0 Å². The van der Waals surface area contributed by atoms with Gasteiger partial charge in [-0.3, -0.25) is 14.5 Å². The van der Waals surface area contributed by atoms with Crippen LogP contribution in [-0.4, -0.2) is 37.0 Å². The maximum Gasteiger partial charge on any atom is 0.337 e. The number of fused-ring (bicyclic) bond motifs is 1. The van der Waals surface area contributed by atoms with Gasteiger partial charge in [-0.2, -0.15) is 0 Å². The Bertz CT molecular complexity index is 1580. The number of amides is 1. The Kier molecular flexibility index (Phi) is 6.19. The zero-order valence-electron chi connectivity index (χ0n) is 20.2. The zero-order valence-corrected chi connectivity index (χ0v) is 20.2. The number of hydrogen-bond donors (Lipinski definition) is 1. The standard InChI is InChI=1S/C30H23NO6/c1-36-22-13-6-10-19(17-22)26-25(27(32)24-15-7-9-18-8-3-4-14-23(18)24)28(33)29(34)31(26)21-12-5-11-20(16-21)30(35)37-2/h3-17,26,32H,1-2H3/b27-25-. The molecule has 4 aromatic rings. The van der Waals surface area contributed by atoms with Gasteiger partial charge in [0.05, 0.1) is 31.4 Å². The average molecular weight is 494 g/mol. The lowest BCUT2D eigenvalue weighted by Gasteiger charge is -2.26. The normalized spacial score (nSPS) is 16.7. The van der Waals surface area contributed by atoms with Gasteiger partial charge < -0.3 is 14.6 Å². The summed E-state index contributed by atoms with van der Waals surface area (Å²) in [4.78, 5) is 40.5. The molecule has 7 nitrogen and oxygen atoms in total. The Labute approximate surface area is 213 Å². The van der Waals surface area contributed by atoms with Crippen LogP contribution in [0.3, 0.4) is 0 Å². The molecule has 1 amide bonds. The number of hydrogen-bond acceptors (Lipinski definition) is 6. The van der Waals surface area contributed by atoms with E-state index in [1.165, 1.54) is 25.2 Å².